The van der Waals surface area contributed by atoms with Gasteiger partial charge in [-0.05, 0) is 0 Å². The van der Waals surface area contributed by atoms with Crippen molar-refractivity contribution in [1.82, 2.24) is 0 Å². The van der Waals surface area contributed by atoms with Crippen LogP contribution in [0.25, 0.3) is 0 Å². The minimum Gasteiger partial charge on any atom is -0.481 e. The molecule has 5 nitrogen and oxygen atoms in total. The lowest BCUT2D eigenvalue weighted by atomic mass is 10.5. The third-order valence-electron chi connectivity index (χ3n) is 2.52. The molecule has 0 radical (unpaired) electrons. The Hall–Kier alpha value is 0.400. The van der Waals surface area contributed by atoms with E-state index in [1.807, 2.05) is 0 Å². The fourth-order valence-corrected chi connectivity index (χ4v) is 6.66. The standard InChI is InChI=1S/C9H20O5S3/c10-1-4-17(5-2-11,6-3-12)9(15,16)7-8(13)14/h10-12,15-16H,1-7H2,(H,13,14). The second-order valence-corrected chi connectivity index (χ2v) is 10.1. The van der Waals surface area contributed by atoms with E-state index in [0.717, 1.165) is 0 Å². The van der Waals surface area contributed by atoms with Gasteiger partial charge < -0.3 is 20.4 Å². The molecule has 0 aliphatic heterocycles. The summed E-state index contributed by atoms with van der Waals surface area (Å²) in [5.41, 5.74) is 0. The number of hydrogen-bond acceptors (Lipinski definition) is 6. The maximum absolute atomic E-state index is 10.8. The number of aliphatic hydroxyl groups is 3. The summed E-state index contributed by atoms with van der Waals surface area (Å²) in [7, 11) is -1.82. The smallest absolute Gasteiger partial charge is 0.306 e. The molecule has 0 aromatic rings. The molecule has 0 rings (SSSR count). The number of rotatable bonds is 9. The summed E-state index contributed by atoms with van der Waals surface area (Å²) in [6.45, 7) is -0.423. The Labute approximate surface area is 113 Å². The van der Waals surface area contributed by atoms with Crippen LogP contribution in [0.2, 0.25) is 0 Å². The number of carbonyl (C=O) groups is 1. The Morgan fingerprint density at radius 3 is 1.59 bits per heavy atom. The van der Waals surface area contributed by atoms with Gasteiger partial charge in [0.05, 0.1) is 29.7 Å². The van der Waals surface area contributed by atoms with E-state index in [9.17, 15) is 4.79 Å². The maximum atomic E-state index is 10.8. The molecular weight excluding hydrogens is 284 g/mol. The van der Waals surface area contributed by atoms with Crippen LogP contribution in [0.3, 0.4) is 0 Å². The fourth-order valence-electron chi connectivity index (χ4n) is 1.67. The van der Waals surface area contributed by atoms with Crippen LogP contribution in [0.1, 0.15) is 6.42 Å². The highest BCUT2D eigenvalue weighted by Gasteiger charge is 2.42. The molecule has 17 heavy (non-hydrogen) atoms. The number of hydrogen-bond donors (Lipinski definition) is 6. The zero-order chi connectivity index (χ0) is 13.5. The number of carboxylic acid groups (broad SMARTS) is 1. The van der Waals surface area contributed by atoms with E-state index in [-0.39, 0.29) is 26.2 Å². The second-order valence-electron chi connectivity index (χ2n) is 3.64. The van der Waals surface area contributed by atoms with Crippen molar-refractivity contribution in [2.45, 2.75) is 9.83 Å². The molecule has 0 unspecified atom stereocenters. The molecule has 0 fully saturated rings. The van der Waals surface area contributed by atoms with Gasteiger partial charge in [0.2, 0.25) is 0 Å². The number of aliphatic hydroxyl groups excluding tert-OH is 3. The monoisotopic (exact) mass is 304 g/mol. The van der Waals surface area contributed by atoms with Crippen LogP contribution < -0.4 is 0 Å². The van der Waals surface area contributed by atoms with E-state index >= 15 is 0 Å². The van der Waals surface area contributed by atoms with Gasteiger partial charge in [0.1, 0.15) is 0 Å². The number of aliphatic carboxylic acids is 1. The van der Waals surface area contributed by atoms with Crippen molar-refractivity contribution in [3.05, 3.63) is 0 Å². The van der Waals surface area contributed by atoms with Crippen LogP contribution in [0.5, 0.6) is 0 Å². The summed E-state index contributed by atoms with van der Waals surface area (Å²) in [5.74, 6) is -0.0994. The minimum absolute atomic E-state index is 0.141. The molecular formula is C9H20O5S3. The summed E-state index contributed by atoms with van der Waals surface area (Å²) in [6, 6.07) is 0. The van der Waals surface area contributed by atoms with Crippen molar-refractivity contribution in [2.75, 3.05) is 37.1 Å². The van der Waals surface area contributed by atoms with Crippen molar-refractivity contribution >= 4 is 41.3 Å². The van der Waals surface area contributed by atoms with E-state index in [4.69, 9.17) is 20.4 Å². The molecule has 0 spiro atoms. The third kappa shape index (κ3) is 4.88. The second kappa shape index (κ2) is 7.75. The first-order valence-electron chi connectivity index (χ1n) is 5.10. The Balaban J connectivity index is 5.13. The molecule has 0 saturated carbocycles. The minimum atomic E-state index is -1.82. The van der Waals surface area contributed by atoms with Crippen LogP contribution in [0, 0.1) is 0 Å². The molecule has 4 N–H and O–H groups in total. The van der Waals surface area contributed by atoms with Crippen LogP contribution in [-0.4, -0.2) is 66.9 Å². The van der Waals surface area contributed by atoms with Crippen molar-refractivity contribution in [2.24, 2.45) is 0 Å². The van der Waals surface area contributed by atoms with Gasteiger partial charge in [0, 0.05) is 17.3 Å². The fraction of sp³-hybridized carbons (Fsp3) is 0.889. The van der Waals surface area contributed by atoms with Gasteiger partial charge in [-0.3, -0.25) is 4.79 Å². The van der Waals surface area contributed by atoms with E-state index < -0.39 is 19.4 Å². The number of thiol groups is 2. The summed E-state index contributed by atoms with van der Waals surface area (Å²) in [5, 5.41) is 36.1. The van der Waals surface area contributed by atoms with Gasteiger partial charge in [-0.25, -0.2) is 10.0 Å². The highest BCUT2D eigenvalue weighted by molar-refractivity contribution is 8.45. The Kier molecular flexibility index (Phi) is 7.93. The van der Waals surface area contributed by atoms with Gasteiger partial charge in [-0.15, -0.1) is 0 Å². The molecule has 0 amide bonds. The molecule has 0 atom stereocenters. The summed E-state index contributed by atoms with van der Waals surface area (Å²) in [6.07, 6.45) is -0.283. The van der Waals surface area contributed by atoms with Crippen molar-refractivity contribution in [3.8, 4) is 0 Å². The summed E-state index contributed by atoms with van der Waals surface area (Å²) < 4.78 is -1.12. The Morgan fingerprint density at radius 1 is 1.00 bits per heavy atom. The molecule has 0 aromatic carbocycles. The third-order valence-corrected chi connectivity index (χ3v) is 9.58. The molecule has 0 aliphatic rings. The Bertz CT molecular complexity index is 230. The SMILES string of the molecule is O=C(O)CC(S)(S)S(CCO)(CCO)CCO. The highest BCUT2D eigenvalue weighted by atomic mass is 32.3. The quantitative estimate of drug-likeness (QED) is 0.261. The Morgan fingerprint density at radius 2 is 1.35 bits per heavy atom. The van der Waals surface area contributed by atoms with Gasteiger partial charge in [0.15, 0.2) is 0 Å². The average Bonchev–Trinajstić information content (AvgIpc) is 2.16. The van der Waals surface area contributed by atoms with Crippen LogP contribution in [-0.2, 0) is 4.79 Å². The van der Waals surface area contributed by atoms with Crippen LogP contribution in [0.15, 0.2) is 0 Å². The predicted molar refractivity (Wildman–Crippen MR) is 76.4 cm³/mol. The van der Waals surface area contributed by atoms with Gasteiger partial charge in [-0.1, -0.05) is 0 Å². The zero-order valence-electron chi connectivity index (χ0n) is 9.45. The summed E-state index contributed by atoms with van der Waals surface area (Å²) in [4.78, 5) is 10.8. The van der Waals surface area contributed by atoms with E-state index in [1.54, 1.807) is 0 Å². The molecule has 0 heterocycles. The topological polar surface area (TPSA) is 98.0 Å². The maximum Gasteiger partial charge on any atom is 0.306 e. The normalized spacial score (nSPS) is 13.7. The van der Waals surface area contributed by atoms with E-state index in [0.29, 0.717) is 17.3 Å². The lowest BCUT2D eigenvalue weighted by molar-refractivity contribution is -0.136. The molecule has 0 bridgehead atoms. The number of carboxylic acids is 1. The van der Waals surface area contributed by atoms with Gasteiger partial charge in [-0.2, -0.15) is 25.3 Å². The summed E-state index contributed by atoms with van der Waals surface area (Å²) >= 11 is 8.59. The lowest BCUT2D eigenvalue weighted by Gasteiger charge is -2.49. The first-order valence-corrected chi connectivity index (χ1v) is 8.14. The van der Waals surface area contributed by atoms with Crippen molar-refractivity contribution in [1.29, 1.82) is 0 Å². The molecule has 104 valence electrons. The van der Waals surface area contributed by atoms with Crippen molar-refractivity contribution < 1.29 is 25.2 Å². The molecule has 0 aromatic heterocycles. The largest absolute Gasteiger partial charge is 0.481 e. The average molecular weight is 304 g/mol. The first kappa shape index (κ1) is 17.4. The van der Waals surface area contributed by atoms with Gasteiger partial charge in [0.25, 0.3) is 0 Å². The molecule has 0 aliphatic carbocycles. The predicted octanol–water partition coefficient (Wildman–Crippen LogP) is -0.244. The van der Waals surface area contributed by atoms with Gasteiger partial charge >= 0.3 is 5.97 Å². The lowest BCUT2D eigenvalue weighted by Crippen LogP contribution is -2.36. The highest BCUT2D eigenvalue weighted by Crippen LogP contribution is 2.64. The van der Waals surface area contributed by atoms with Crippen molar-refractivity contribution in [3.63, 3.8) is 0 Å². The van der Waals surface area contributed by atoms with E-state index in [2.05, 4.69) is 25.3 Å². The first-order chi connectivity index (χ1) is 7.85. The molecule has 8 heteroatoms. The van der Waals surface area contributed by atoms with Crippen LogP contribution in [0.4, 0.5) is 0 Å². The van der Waals surface area contributed by atoms with E-state index in [1.165, 1.54) is 0 Å². The molecule has 0 saturated heterocycles. The zero-order valence-corrected chi connectivity index (χ0v) is 12.1. The van der Waals surface area contributed by atoms with Crippen LogP contribution >= 0.6 is 35.3 Å².